The Morgan fingerprint density at radius 1 is 1.35 bits per heavy atom. The van der Waals surface area contributed by atoms with Crippen LogP contribution >= 0.6 is 0 Å². The van der Waals surface area contributed by atoms with E-state index in [1.54, 1.807) is 6.92 Å². The van der Waals surface area contributed by atoms with Gasteiger partial charge in [-0.05, 0) is 5.92 Å². The smallest absolute Gasteiger partial charge is 0.538 e. The molecule has 0 aliphatic rings. The second kappa shape index (κ2) is 9.68. The zero-order chi connectivity index (χ0) is 19.9. The average molecular weight is 373 g/mol. The van der Waals surface area contributed by atoms with Gasteiger partial charge in [-0.2, -0.15) is 4.98 Å². The molecule has 1 heterocycles. The van der Waals surface area contributed by atoms with Gasteiger partial charge in [0.05, 0.1) is 19.1 Å². The predicted molar refractivity (Wildman–Crippen MR) is 88.4 cm³/mol. The molecule has 146 valence electrons. The number of carbonyl (C=O) groups excluding carboxylic acids is 3. The maximum absolute atomic E-state index is 12.2. The van der Waals surface area contributed by atoms with Crippen LogP contribution in [0.4, 0.5) is 4.79 Å². The number of hydrogen-bond acceptors (Lipinski definition) is 8. The number of urea groups is 1. The first-order valence-corrected chi connectivity index (χ1v) is 8.00. The van der Waals surface area contributed by atoms with E-state index in [9.17, 15) is 14.4 Å². The Labute approximate surface area is 149 Å². The van der Waals surface area contributed by atoms with Crippen LogP contribution in [-0.2, 0) is 9.59 Å². The number of aliphatic hydroxyl groups excluding tert-OH is 1. The van der Waals surface area contributed by atoms with Crippen molar-refractivity contribution in [3.05, 3.63) is 11.7 Å². The number of aromatic nitrogens is 2. The van der Waals surface area contributed by atoms with Crippen LogP contribution in [0, 0.1) is 5.92 Å². The fourth-order valence-corrected chi connectivity index (χ4v) is 2.07. The molecule has 0 aliphatic heterocycles. The molecule has 0 saturated heterocycles. The Morgan fingerprint density at radius 2 is 2.00 bits per heavy atom. The molecule has 1 aromatic rings. The third kappa shape index (κ3) is 5.97. The summed E-state index contributed by atoms with van der Waals surface area (Å²) in [6.07, 6.45) is 0.235. The van der Waals surface area contributed by atoms with Gasteiger partial charge in [0.15, 0.2) is 11.9 Å². The zero-order valence-corrected chi connectivity index (χ0v) is 14.6. The number of carbonyl (C=O) groups is 3. The molecular formula is C14H25N6O6+. The first-order chi connectivity index (χ1) is 12.2. The monoisotopic (exact) mass is 373 g/mol. The highest BCUT2D eigenvalue weighted by atomic mass is 16.5. The van der Waals surface area contributed by atoms with Crippen LogP contribution in [0.15, 0.2) is 4.52 Å². The van der Waals surface area contributed by atoms with Gasteiger partial charge in [0, 0.05) is 4.79 Å². The molecule has 4 atom stereocenters. The van der Waals surface area contributed by atoms with Crippen molar-refractivity contribution in [1.29, 1.82) is 0 Å². The third-order valence-corrected chi connectivity index (χ3v) is 3.78. The number of aliphatic hydroxyl groups is 1. The van der Waals surface area contributed by atoms with Crippen molar-refractivity contribution in [3.8, 4) is 0 Å². The maximum Gasteiger partial charge on any atom is 0.538 e. The fourth-order valence-electron chi connectivity index (χ4n) is 2.07. The number of hydrogen-bond donors (Lipinski definition) is 5. The van der Waals surface area contributed by atoms with Gasteiger partial charge in [0.2, 0.25) is 11.8 Å². The normalized spacial score (nSPS) is 15.5. The summed E-state index contributed by atoms with van der Waals surface area (Å²) in [5.41, 5.74) is 10.7. The van der Waals surface area contributed by atoms with Crippen molar-refractivity contribution >= 4 is 17.9 Å². The average Bonchev–Trinajstić information content (AvgIpc) is 3.07. The standard InChI is InChI=1S/C14H24N6O6/c1-3-6(2)10(13(23)24)18-14(25)17-8(4-9(16)22)12-19-11(20-26-12)7(15)5-21/h6-8,10,21H,3-5,15H2,1-2H3,(H2,16,22)(H,23,24)(H2,17,18,25)/p+1/t6?,7-,8-,10-/m0/s1. The van der Waals surface area contributed by atoms with Crippen LogP contribution in [0.5, 0.6) is 0 Å². The van der Waals surface area contributed by atoms with E-state index < -0.39 is 42.6 Å². The lowest BCUT2D eigenvalue weighted by molar-refractivity contribution is -0.140. The quantitative estimate of drug-likeness (QED) is 0.287. The Kier molecular flexibility index (Phi) is 7.93. The lowest BCUT2D eigenvalue weighted by atomic mass is 9.99. The first-order valence-electron chi connectivity index (χ1n) is 8.00. The van der Waals surface area contributed by atoms with Gasteiger partial charge in [-0.1, -0.05) is 25.4 Å². The van der Waals surface area contributed by atoms with Crippen molar-refractivity contribution in [2.75, 3.05) is 6.61 Å². The minimum Gasteiger partial charge on any atom is -0.563 e. The molecule has 0 spiro atoms. The summed E-state index contributed by atoms with van der Waals surface area (Å²) in [4.78, 5) is 38.8. The van der Waals surface area contributed by atoms with Crippen LogP contribution in [-0.4, -0.2) is 50.9 Å². The van der Waals surface area contributed by atoms with E-state index in [4.69, 9.17) is 26.2 Å². The summed E-state index contributed by atoms with van der Waals surface area (Å²) in [6.45, 7) is 3.12. The second-order valence-corrected chi connectivity index (χ2v) is 5.85. The Morgan fingerprint density at radius 3 is 2.50 bits per heavy atom. The largest absolute Gasteiger partial charge is 0.563 e. The fraction of sp³-hybridized carbons (Fsp3) is 0.643. The molecule has 0 aliphatic carbocycles. The highest BCUT2D eigenvalue weighted by molar-refractivity contribution is 5.83. The van der Waals surface area contributed by atoms with E-state index in [1.165, 1.54) is 0 Å². The molecule has 1 unspecified atom stereocenters. The number of primary amides is 1. The summed E-state index contributed by atoms with van der Waals surface area (Å²) in [6, 6.07) is -3.74. The van der Waals surface area contributed by atoms with Crippen LogP contribution in [0.1, 0.15) is 50.5 Å². The van der Waals surface area contributed by atoms with E-state index in [0.29, 0.717) is 6.42 Å². The number of nitrogens with two attached hydrogens (primary N) is 2. The molecule has 1 rings (SSSR count). The van der Waals surface area contributed by atoms with Gasteiger partial charge in [-0.25, -0.2) is 4.79 Å². The molecule has 3 amide bonds. The SMILES string of the molecule is CCC(C)[C@H](NC(=O)N[C@@H](CC(N)=O)c1nc([C@@H](N)CO)no1)C(=O)[OH2+]. The van der Waals surface area contributed by atoms with E-state index in [2.05, 4.69) is 20.8 Å². The van der Waals surface area contributed by atoms with Gasteiger partial charge in [-0.15, -0.1) is 0 Å². The molecule has 0 aromatic carbocycles. The summed E-state index contributed by atoms with van der Waals surface area (Å²) < 4.78 is 4.97. The zero-order valence-electron chi connectivity index (χ0n) is 14.6. The summed E-state index contributed by atoms with van der Waals surface area (Å²) in [5.74, 6) is -2.06. The Balaban J connectivity index is 2.90. The topological polar surface area (TPSA) is 209 Å². The molecule has 0 bridgehead atoms. The van der Waals surface area contributed by atoms with Crippen molar-refractivity contribution < 1.29 is 29.1 Å². The molecule has 1 aromatic heterocycles. The van der Waals surface area contributed by atoms with E-state index in [-0.39, 0.29) is 24.1 Å². The molecular weight excluding hydrogens is 348 g/mol. The number of nitrogens with one attached hydrogen (secondary N) is 2. The van der Waals surface area contributed by atoms with E-state index in [1.807, 2.05) is 6.92 Å². The summed E-state index contributed by atoms with van der Waals surface area (Å²) in [7, 11) is 0. The molecule has 0 fully saturated rings. The van der Waals surface area contributed by atoms with Crippen molar-refractivity contribution in [3.63, 3.8) is 0 Å². The van der Waals surface area contributed by atoms with Gasteiger partial charge >= 0.3 is 12.0 Å². The molecule has 0 saturated carbocycles. The Bertz CT molecular complexity index is 635. The lowest BCUT2D eigenvalue weighted by Gasteiger charge is -2.19. The molecule has 9 N–H and O–H groups in total. The van der Waals surface area contributed by atoms with Gasteiger partial charge < -0.3 is 36.8 Å². The molecule has 26 heavy (non-hydrogen) atoms. The third-order valence-electron chi connectivity index (χ3n) is 3.78. The number of amides is 3. The Hall–Kier alpha value is -2.73. The minimum atomic E-state index is -1.06. The van der Waals surface area contributed by atoms with Crippen LogP contribution in [0.25, 0.3) is 0 Å². The van der Waals surface area contributed by atoms with Crippen LogP contribution in [0.3, 0.4) is 0 Å². The van der Waals surface area contributed by atoms with Gasteiger partial charge in [0.25, 0.3) is 0 Å². The summed E-state index contributed by atoms with van der Waals surface area (Å²) >= 11 is 0. The van der Waals surface area contributed by atoms with E-state index in [0.717, 1.165) is 0 Å². The number of rotatable bonds is 10. The minimum absolute atomic E-state index is 0.00186. The molecule has 0 radical (unpaired) electrons. The highest BCUT2D eigenvalue weighted by Crippen LogP contribution is 2.17. The van der Waals surface area contributed by atoms with E-state index >= 15 is 0 Å². The van der Waals surface area contributed by atoms with Crippen LogP contribution in [0.2, 0.25) is 0 Å². The predicted octanol–water partition coefficient (Wildman–Crippen LogP) is -2.06. The lowest BCUT2D eigenvalue weighted by Crippen LogP contribution is -2.50. The second-order valence-electron chi connectivity index (χ2n) is 5.85. The first kappa shape index (κ1) is 21.3. The van der Waals surface area contributed by atoms with Crippen molar-refractivity contribution in [2.24, 2.45) is 17.4 Å². The number of nitrogens with zero attached hydrogens (tertiary/aromatic N) is 2. The highest BCUT2D eigenvalue weighted by Gasteiger charge is 2.33. The molecule has 12 nitrogen and oxygen atoms in total. The van der Waals surface area contributed by atoms with Crippen LogP contribution < -0.4 is 22.1 Å². The van der Waals surface area contributed by atoms with Crippen molar-refractivity contribution in [2.45, 2.75) is 44.8 Å². The van der Waals surface area contributed by atoms with Crippen molar-refractivity contribution in [1.82, 2.24) is 20.8 Å². The van der Waals surface area contributed by atoms with Gasteiger partial charge in [-0.3, -0.25) is 4.79 Å². The summed E-state index contributed by atoms with van der Waals surface area (Å²) in [5, 5.41) is 24.6. The maximum atomic E-state index is 12.2. The van der Waals surface area contributed by atoms with Gasteiger partial charge in [0.1, 0.15) is 6.04 Å². The molecule has 12 heteroatoms.